The maximum absolute atomic E-state index is 13.2. The molecular formula is C32H35F3N2O3. The number of alkyl halides is 3. The molecular weight excluding hydrogens is 517 g/mol. The van der Waals surface area contributed by atoms with Crippen LogP contribution >= 0.6 is 0 Å². The Bertz CT molecular complexity index is 1290. The summed E-state index contributed by atoms with van der Waals surface area (Å²) in [5, 5.41) is 12.7. The second-order valence-electron chi connectivity index (χ2n) is 10.5. The predicted molar refractivity (Wildman–Crippen MR) is 149 cm³/mol. The lowest BCUT2D eigenvalue weighted by Crippen LogP contribution is -2.46. The lowest BCUT2D eigenvalue weighted by Gasteiger charge is -2.37. The molecule has 1 aliphatic rings. The van der Waals surface area contributed by atoms with Gasteiger partial charge in [-0.1, -0.05) is 67.6 Å². The van der Waals surface area contributed by atoms with Crippen LogP contribution in [0.5, 0.6) is 0 Å². The van der Waals surface area contributed by atoms with Gasteiger partial charge in [-0.05, 0) is 67.1 Å². The van der Waals surface area contributed by atoms with Crippen molar-refractivity contribution < 1.29 is 27.9 Å². The van der Waals surface area contributed by atoms with Crippen molar-refractivity contribution >= 4 is 11.9 Å². The fraction of sp³-hybridized carbons (Fsp3) is 0.375. The number of carboxylic acid groups (broad SMARTS) is 1. The zero-order valence-electron chi connectivity index (χ0n) is 22.6. The first kappa shape index (κ1) is 29.3. The minimum absolute atomic E-state index is 0.0199. The van der Waals surface area contributed by atoms with E-state index < -0.39 is 23.1 Å². The van der Waals surface area contributed by atoms with Crippen molar-refractivity contribution in [2.24, 2.45) is 0 Å². The monoisotopic (exact) mass is 552 g/mol. The van der Waals surface area contributed by atoms with E-state index in [4.69, 9.17) is 0 Å². The van der Waals surface area contributed by atoms with Gasteiger partial charge in [0.05, 0.1) is 12.0 Å². The smallest absolute Gasteiger partial charge is 0.416 e. The number of amides is 1. The Morgan fingerprint density at radius 1 is 0.900 bits per heavy atom. The average molecular weight is 553 g/mol. The quantitative estimate of drug-likeness (QED) is 0.291. The Balaban J connectivity index is 1.36. The third-order valence-electron chi connectivity index (χ3n) is 8.08. The number of hydrogen-bond acceptors (Lipinski definition) is 3. The van der Waals surface area contributed by atoms with E-state index in [0.29, 0.717) is 16.7 Å². The summed E-state index contributed by atoms with van der Waals surface area (Å²) in [6, 6.07) is 21.6. The number of carbonyl (C=O) groups is 2. The zero-order chi connectivity index (χ0) is 28.8. The Morgan fingerprint density at radius 3 is 2.12 bits per heavy atom. The third-order valence-corrected chi connectivity index (χ3v) is 8.08. The maximum Gasteiger partial charge on any atom is 0.416 e. The van der Waals surface area contributed by atoms with Crippen LogP contribution in [0.4, 0.5) is 13.2 Å². The molecule has 1 aliphatic heterocycles. The molecule has 1 heterocycles. The summed E-state index contributed by atoms with van der Waals surface area (Å²) in [6.07, 6.45) is -1.35. The van der Waals surface area contributed by atoms with E-state index in [2.05, 4.69) is 10.2 Å². The average Bonchev–Trinajstić information content (AvgIpc) is 2.96. The Hall–Kier alpha value is -3.65. The first-order chi connectivity index (χ1) is 19.1. The number of nitrogens with zero attached hydrogens (tertiary/aromatic N) is 1. The zero-order valence-corrected chi connectivity index (χ0v) is 22.6. The Kier molecular flexibility index (Phi) is 9.30. The second kappa shape index (κ2) is 12.7. The molecule has 3 aromatic carbocycles. The number of halogens is 3. The van der Waals surface area contributed by atoms with Gasteiger partial charge >= 0.3 is 12.1 Å². The van der Waals surface area contributed by atoms with Gasteiger partial charge in [-0.25, -0.2) is 0 Å². The molecule has 1 atom stereocenters. The third kappa shape index (κ3) is 7.10. The number of carboxylic acids is 1. The van der Waals surface area contributed by atoms with Crippen molar-refractivity contribution in [1.29, 1.82) is 0 Å². The van der Waals surface area contributed by atoms with Gasteiger partial charge in [0.1, 0.15) is 0 Å². The maximum atomic E-state index is 13.2. The predicted octanol–water partition coefficient (Wildman–Crippen LogP) is 6.78. The van der Waals surface area contributed by atoms with Crippen molar-refractivity contribution in [3.8, 4) is 11.1 Å². The van der Waals surface area contributed by atoms with Crippen LogP contribution in [0.3, 0.4) is 0 Å². The fourth-order valence-electron chi connectivity index (χ4n) is 5.63. The number of aliphatic carboxylic acids is 1. The Labute approximate surface area is 233 Å². The number of benzene rings is 3. The number of carbonyl (C=O) groups excluding carboxylic acids is 1. The van der Waals surface area contributed by atoms with Crippen molar-refractivity contribution in [2.75, 3.05) is 19.6 Å². The summed E-state index contributed by atoms with van der Waals surface area (Å²) in [5.41, 5.74) is 1.45. The minimum Gasteiger partial charge on any atom is -0.481 e. The van der Waals surface area contributed by atoms with E-state index in [1.807, 2.05) is 37.3 Å². The molecule has 1 fully saturated rings. The molecule has 1 amide bonds. The van der Waals surface area contributed by atoms with Gasteiger partial charge in [-0.3, -0.25) is 9.59 Å². The molecule has 0 spiro atoms. The van der Waals surface area contributed by atoms with E-state index in [9.17, 15) is 27.9 Å². The molecule has 40 heavy (non-hydrogen) atoms. The highest BCUT2D eigenvalue weighted by Crippen LogP contribution is 2.36. The van der Waals surface area contributed by atoms with Gasteiger partial charge in [0.15, 0.2) is 0 Å². The summed E-state index contributed by atoms with van der Waals surface area (Å²) in [4.78, 5) is 27.3. The van der Waals surface area contributed by atoms with E-state index in [1.54, 1.807) is 24.3 Å². The van der Waals surface area contributed by atoms with Crippen molar-refractivity contribution in [3.05, 3.63) is 95.6 Å². The van der Waals surface area contributed by atoms with Gasteiger partial charge in [0, 0.05) is 30.1 Å². The van der Waals surface area contributed by atoms with Crippen LogP contribution < -0.4 is 5.32 Å². The molecule has 3 aromatic rings. The first-order valence-electron chi connectivity index (χ1n) is 13.7. The largest absolute Gasteiger partial charge is 0.481 e. The number of nitrogens with one attached hydrogen (secondary N) is 1. The van der Waals surface area contributed by atoms with Crippen LogP contribution in [0.25, 0.3) is 11.1 Å². The molecule has 8 heteroatoms. The molecule has 1 unspecified atom stereocenters. The van der Waals surface area contributed by atoms with E-state index in [-0.39, 0.29) is 18.4 Å². The molecule has 0 radical (unpaired) electrons. The van der Waals surface area contributed by atoms with Crippen LogP contribution in [0.1, 0.15) is 60.5 Å². The van der Waals surface area contributed by atoms with Gasteiger partial charge in [-0.2, -0.15) is 13.2 Å². The molecule has 212 valence electrons. The minimum atomic E-state index is -4.42. The van der Waals surface area contributed by atoms with Crippen LogP contribution in [-0.2, 0) is 16.4 Å². The lowest BCUT2D eigenvalue weighted by molar-refractivity contribution is -0.139. The first-order valence-corrected chi connectivity index (χ1v) is 13.7. The number of piperidine rings is 1. The SMILES string of the molecule is CCC(CCN1CCC(NC(=O)c2ccccc2-c2ccc(C(F)(F)F)cc2)CC1)(CC(=O)O)c1ccccc1. The summed E-state index contributed by atoms with van der Waals surface area (Å²) >= 11 is 0. The van der Waals surface area contributed by atoms with E-state index in [0.717, 1.165) is 63.0 Å². The standard InChI is InChI=1S/C32H35F3N2O3/c1-2-31(22-29(38)39,24-8-4-3-5-9-24)18-21-37-19-16-26(17-20-37)36-30(40)28-11-7-6-10-27(28)23-12-14-25(15-13-23)32(33,34)35/h3-15,26H,2,16-22H2,1H3,(H,36,40)(H,38,39). The fourth-order valence-corrected chi connectivity index (χ4v) is 5.63. The van der Waals surface area contributed by atoms with Gasteiger partial charge in [0.25, 0.3) is 5.91 Å². The molecule has 1 saturated heterocycles. The van der Waals surface area contributed by atoms with Crippen molar-refractivity contribution in [3.63, 3.8) is 0 Å². The van der Waals surface area contributed by atoms with E-state index in [1.165, 1.54) is 12.1 Å². The topological polar surface area (TPSA) is 69.6 Å². The molecule has 5 nitrogen and oxygen atoms in total. The van der Waals surface area contributed by atoms with Crippen LogP contribution in [0.2, 0.25) is 0 Å². The molecule has 2 N–H and O–H groups in total. The van der Waals surface area contributed by atoms with Gasteiger partial charge in [0.2, 0.25) is 0 Å². The highest BCUT2D eigenvalue weighted by molar-refractivity contribution is 6.01. The highest BCUT2D eigenvalue weighted by atomic mass is 19.4. The van der Waals surface area contributed by atoms with Crippen LogP contribution in [-0.4, -0.2) is 47.6 Å². The number of likely N-dealkylation sites (tertiary alicyclic amines) is 1. The number of rotatable bonds is 10. The van der Waals surface area contributed by atoms with Crippen molar-refractivity contribution in [2.45, 2.75) is 56.7 Å². The summed E-state index contributed by atoms with van der Waals surface area (Å²) < 4.78 is 38.9. The summed E-state index contributed by atoms with van der Waals surface area (Å²) in [7, 11) is 0. The lowest BCUT2D eigenvalue weighted by atomic mass is 9.72. The second-order valence-corrected chi connectivity index (χ2v) is 10.5. The number of hydrogen-bond donors (Lipinski definition) is 2. The molecule has 0 aromatic heterocycles. The summed E-state index contributed by atoms with van der Waals surface area (Å²) in [6.45, 7) is 4.38. The normalized spacial score (nSPS) is 16.3. The molecule has 0 aliphatic carbocycles. The molecule has 0 saturated carbocycles. The van der Waals surface area contributed by atoms with Crippen LogP contribution in [0, 0.1) is 0 Å². The van der Waals surface area contributed by atoms with E-state index >= 15 is 0 Å². The molecule has 0 bridgehead atoms. The van der Waals surface area contributed by atoms with Gasteiger partial charge in [-0.15, -0.1) is 0 Å². The van der Waals surface area contributed by atoms with Crippen LogP contribution in [0.15, 0.2) is 78.9 Å². The van der Waals surface area contributed by atoms with Gasteiger partial charge < -0.3 is 15.3 Å². The summed E-state index contributed by atoms with van der Waals surface area (Å²) in [5.74, 6) is -1.05. The molecule has 4 rings (SSSR count). The van der Waals surface area contributed by atoms with Crippen molar-refractivity contribution in [1.82, 2.24) is 10.2 Å². The Morgan fingerprint density at radius 2 is 1.52 bits per heavy atom. The highest BCUT2D eigenvalue weighted by Gasteiger charge is 2.34.